The molecule has 2 N–H and O–H groups in total. The first-order chi connectivity index (χ1) is 14.3. The molecule has 29 heavy (non-hydrogen) atoms. The number of fused-ring (bicyclic) bond motifs is 1. The molecule has 0 amide bonds. The van der Waals surface area contributed by atoms with E-state index in [4.69, 9.17) is 9.47 Å². The van der Waals surface area contributed by atoms with E-state index in [0.29, 0.717) is 30.6 Å². The van der Waals surface area contributed by atoms with Gasteiger partial charge in [-0.25, -0.2) is 4.68 Å². The van der Waals surface area contributed by atoms with E-state index in [1.54, 1.807) is 25.1 Å². The molecule has 0 saturated carbocycles. The maximum Gasteiger partial charge on any atom is 0.226 e. The number of methoxy groups -OCH3 is 2. The molecular formula is C21H22N6O2. The molecule has 0 aliphatic carbocycles. The van der Waals surface area contributed by atoms with Crippen molar-refractivity contribution in [3.63, 3.8) is 0 Å². The van der Waals surface area contributed by atoms with Crippen molar-refractivity contribution >= 4 is 28.5 Å². The van der Waals surface area contributed by atoms with Crippen LogP contribution in [0.4, 0.5) is 17.5 Å². The lowest BCUT2D eigenvalue weighted by Gasteiger charge is -2.11. The summed E-state index contributed by atoms with van der Waals surface area (Å²) >= 11 is 0. The van der Waals surface area contributed by atoms with Gasteiger partial charge in [0, 0.05) is 19.3 Å². The van der Waals surface area contributed by atoms with E-state index in [1.165, 1.54) is 0 Å². The van der Waals surface area contributed by atoms with Crippen LogP contribution in [-0.2, 0) is 4.74 Å². The average Bonchev–Trinajstić information content (AvgIpc) is 3.19. The molecule has 2 heterocycles. The summed E-state index contributed by atoms with van der Waals surface area (Å²) in [7, 11) is 3.30. The van der Waals surface area contributed by atoms with Gasteiger partial charge in [-0.05, 0) is 36.4 Å². The summed E-state index contributed by atoms with van der Waals surface area (Å²) in [5, 5.41) is 11.9. The van der Waals surface area contributed by atoms with Crippen LogP contribution in [0, 0.1) is 0 Å². The maximum absolute atomic E-state index is 5.23. The normalized spacial score (nSPS) is 10.8. The Kier molecular flexibility index (Phi) is 5.53. The van der Waals surface area contributed by atoms with Gasteiger partial charge in [-0.15, -0.1) is 0 Å². The number of hydrogen-bond donors (Lipinski definition) is 2. The summed E-state index contributed by atoms with van der Waals surface area (Å²) in [4.78, 5) is 9.32. The first kappa shape index (κ1) is 18.7. The number of anilines is 3. The number of nitrogens with one attached hydrogen (secondary N) is 2. The first-order valence-corrected chi connectivity index (χ1v) is 9.23. The second-order valence-electron chi connectivity index (χ2n) is 6.30. The van der Waals surface area contributed by atoms with Crippen LogP contribution in [0.3, 0.4) is 0 Å². The third-order valence-electron chi connectivity index (χ3n) is 4.37. The summed E-state index contributed by atoms with van der Waals surface area (Å²) in [6.07, 6.45) is 1.77. The van der Waals surface area contributed by atoms with Gasteiger partial charge in [0.25, 0.3) is 0 Å². The lowest BCUT2D eigenvalue weighted by Crippen LogP contribution is -2.11. The molecule has 2 aromatic heterocycles. The predicted molar refractivity (Wildman–Crippen MR) is 113 cm³/mol. The molecule has 0 bridgehead atoms. The SMILES string of the molecule is COCCNc1nc(Nc2ccc(OC)cc2)c2cnn(-c3ccccc3)c2n1. The Labute approximate surface area is 168 Å². The largest absolute Gasteiger partial charge is 0.497 e. The Morgan fingerprint density at radius 2 is 1.76 bits per heavy atom. The molecule has 0 saturated heterocycles. The fraction of sp³-hybridized carbons (Fsp3) is 0.190. The molecule has 0 radical (unpaired) electrons. The van der Waals surface area contributed by atoms with E-state index in [0.717, 1.165) is 22.5 Å². The molecule has 4 aromatic rings. The van der Waals surface area contributed by atoms with Crippen molar-refractivity contribution in [1.82, 2.24) is 19.7 Å². The van der Waals surface area contributed by atoms with E-state index in [9.17, 15) is 0 Å². The van der Waals surface area contributed by atoms with Crippen molar-refractivity contribution in [1.29, 1.82) is 0 Å². The number of hydrogen-bond acceptors (Lipinski definition) is 7. The van der Waals surface area contributed by atoms with Crippen LogP contribution in [0.2, 0.25) is 0 Å². The Morgan fingerprint density at radius 3 is 2.48 bits per heavy atom. The molecule has 0 aliphatic rings. The lowest BCUT2D eigenvalue weighted by molar-refractivity contribution is 0.210. The lowest BCUT2D eigenvalue weighted by atomic mass is 10.3. The minimum Gasteiger partial charge on any atom is -0.497 e. The van der Waals surface area contributed by atoms with E-state index in [-0.39, 0.29) is 0 Å². The smallest absolute Gasteiger partial charge is 0.226 e. The molecule has 0 atom stereocenters. The second-order valence-corrected chi connectivity index (χ2v) is 6.30. The standard InChI is InChI=1S/C21H22N6O2/c1-28-13-12-22-21-25-19(24-15-8-10-17(29-2)11-9-15)18-14-23-27(20(18)26-21)16-6-4-3-5-7-16/h3-11,14H,12-13H2,1-2H3,(H2,22,24,25,26). The average molecular weight is 390 g/mol. The van der Waals surface area contributed by atoms with Gasteiger partial charge < -0.3 is 20.1 Å². The fourth-order valence-electron chi connectivity index (χ4n) is 2.92. The van der Waals surface area contributed by atoms with Crippen LogP contribution < -0.4 is 15.4 Å². The highest BCUT2D eigenvalue weighted by molar-refractivity contribution is 5.90. The minimum absolute atomic E-state index is 0.503. The highest BCUT2D eigenvalue weighted by Crippen LogP contribution is 2.27. The van der Waals surface area contributed by atoms with Crippen molar-refractivity contribution in [2.45, 2.75) is 0 Å². The molecule has 148 valence electrons. The van der Waals surface area contributed by atoms with E-state index >= 15 is 0 Å². The van der Waals surface area contributed by atoms with Crippen LogP contribution in [0.5, 0.6) is 5.75 Å². The highest BCUT2D eigenvalue weighted by Gasteiger charge is 2.14. The van der Waals surface area contributed by atoms with E-state index in [1.807, 2.05) is 54.6 Å². The Hall–Kier alpha value is -3.65. The third-order valence-corrected chi connectivity index (χ3v) is 4.37. The molecule has 0 spiro atoms. The number of nitrogens with zero attached hydrogens (tertiary/aromatic N) is 4. The summed E-state index contributed by atoms with van der Waals surface area (Å²) in [6, 6.07) is 17.6. The van der Waals surface area contributed by atoms with Crippen LogP contribution in [-0.4, -0.2) is 47.1 Å². The summed E-state index contributed by atoms with van der Waals surface area (Å²) in [5.41, 5.74) is 2.53. The molecule has 4 rings (SSSR count). The van der Waals surface area contributed by atoms with Crippen LogP contribution in [0.1, 0.15) is 0 Å². The monoisotopic (exact) mass is 390 g/mol. The molecule has 0 fully saturated rings. The number of ether oxygens (including phenoxy) is 2. The molecule has 0 unspecified atom stereocenters. The highest BCUT2D eigenvalue weighted by atomic mass is 16.5. The quantitative estimate of drug-likeness (QED) is 0.444. The molecule has 2 aromatic carbocycles. The molecule has 8 nitrogen and oxygen atoms in total. The topological polar surface area (TPSA) is 86.1 Å². The number of aromatic nitrogens is 4. The minimum atomic E-state index is 0.503. The van der Waals surface area contributed by atoms with Gasteiger partial charge in [0.15, 0.2) is 5.65 Å². The van der Waals surface area contributed by atoms with Gasteiger partial charge >= 0.3 is 0 Å². The Morgan fingerprint density at radius 1 is 0.966 bits per heavy atom. The van der Waals surface area contributed by atoms with Crippen LogP contribution in [0.25, 0.3) is 16.7 Å². The Balaban J connectivity index is 1.75. The van der Waals surface area contributed by atoms with Gasteiger partial charge in [0.2, 0.25) is 5.95 Å². The maximum atomic E-state index is 5.23. The van der Waals surface area contributed by atoms with Crippen molar-refractivity contribution in [2.24, 2.45) is 0 Å². The predicted octanol–water partition coefficient (Wildman–Crippen LogP) is 3.63. The van der Waals surface area contributed by atoms with Gasteiger partial charge in [-0.3, -0.25) is 0 Å². The zero-order valence-electron chi connectivity index (χ0n) is 16.3. The zero-order chi connectivity index (χ0) is 20.1. The summed E-state index contributed by atoms with van der Waals surface area (Å²) in [6.45, 7) is 1.16. The Bertz CT molecular complexity index is 1080. The number of benzene rings is 2. The van der Waals surface area contributed by atoms with Crippen molar-refractivity contribution in [3.8, 4) is 11.4 Å². The second kappa shape index (κ2) is 8.57. The van der Waals surface area contributed by atoms with E-state index in [2.05, 4.69) is 25.7 Å². The summed E-state index contributed by atoms with van der Waals surface area (Å²) < 4.78 is 12.1. The molecular weight excluding hydrogens is 368 g/mol. The van der Waals surface area contributed by atoms with Crippen molar-refractivity contribution < 1.29 is 9.47 Å². The van der Waals surface area contributed by atoms with Gasteiger partial charge in [-0.1, -0.05) is 18.2 Å². The summed E-state index contributed by atoms with van der Waals surface area (Å²) in [5.74, 6) is 1.97. The van der Waals surface area contributed by atoms with Crippen molar-refractivity contribution in [3.05, 3.63) is 60.8 Å². The molecule has 8 heteroatoms. The van der Waals surface area contributed by atoms with Gasteiger partial charge in [0.1, 0.15) is 11.6 Å². The number of para-hydroxylation sites is 1. The first-order valence-electron chi connectivity index (χ1n) is 9.23. The zero-order valence-corrected chi connectivity index (χ0v) is 16.3. The van der Waals surface area contributed by atoms with Gasteiger partial charge in [-0.2, -0.15) is 15.1 Å². The van der Waals surface area contributed by atoms with Crippen LogP contribution >= 0.6 is 0 Å². The van der Waals surface area contributed by atoms with E-state index < -0.39 is 0 Å². The number of rotatable bonds is 8. The fourth-order valence-corrected chi connectivity index (χ4v) is 2.92. The van der Waals surface area contributed by atoms with Crippen LogP contribution in [0.15, 0.2) is 60.8 Å². The van der Waals surface area contributed by atoms with Gasteiger partial charge in [0.05, 0.1) is 31.0 Å². The third kappa shape index (κ3) is 4.12. The molecule has 0 aliphatic heterocycles. The van der Waals surface area contributed by atoms with Crippen molar-refractivity contribution in [2.75, 3.05) is 38.0 Å².